The number of hydrogen-bond donors (Lipinski definition) is 1. The Morgan fingerprint density at radius 1 is 1.50 bits per heavy atom. The van der Waals surface area contributed by atoms with E-state index >= 15 is 0 Å². The zero-order valence-electron chi connectivity index (χ0n) is 10.2. The van der Waals surface area contributed by atoms with Crippen molar-refractivity contribution in [3.05, 3.63) is 35.0 Å². The Morgan fingerprint density at radius 2 is 2.39 bits per heavy atom. The average Bonchev–Trinajstić information content (AvgIpc) is 2.58. The molecule has 1 aromatic heterocycles. The number of nitrogens with zero attached hydrogens (tertiary/aromatic N) is 1. The molecule has 0 fully saturated rings. The molecule has 0 bridgehead atoms. The van der Waals surface area contributed by atoms with Gasteiger partial charge in [0.25, 0.3) is 0 Å². The molecule has 1 aliphatic heterocycles. The van der Waals surface area contributed by atoms with E-state index in [4.69, 9.17) is 16.3 Å². The number of fused-ring (bicyclic) bond motifs is 2. The molecule has 0 amide bonds. The number of nitrogens with one attached hydrogen (secondary N) is 1. The summed E-state index contributed by atoms with van der Waals surface area (Å²) in [4.78, 5) is 4.35. The van der Waals surface area contributed by atoms with Gasteiger partial charge in [0.15, 0.2) is 0 Å². The summed E-state index contributed by atoms with van der Waals surface area (Å²) in [5.74, 6) is 0.925. The van der Waals surface area contributed by atoms with E-state index in [0.717, 1.165) is 46.7 Å². The molecule has 1 atom stereocenters. The van der Waals surface area contributed by atoms with Gasteiger partial charge in [0, 0.05) is 30.2 Å². The number of pyridine rings is 1. The average molecular weight is 263 g/mol. The first kappa shape index (κ1) is 11.8. The van der Waals surface area contributed by atoms with E-state index in [9.17, 15) is 0 Å². The highest BCUT2D eigenvalue weighted by atomic mass is 35.5. The van der Waals surface area contributed by atoms with Gasteiger partial charge in [-0.15, -0.1) is 0 Å². The van der Waals surface area contributed by atoms with Crippen LogP contribution in [0.4, 0.5) is 0 Å². The van der Waals surface area contributed by atoms with Gasteiger partial charge >= 0.3 is 0 Å². The smallest absolute Gasteiger partial charge is 0.125 e. The molecule has 1 N–H and O–H groups in total. The third kappa shape index (κ3) is 2.04. The van der Waals surface area contributed by atoms with E-state index in [1.54, 1.807) is 6.20 Å². The van der Waals surface area contributed by atoms with Gasteiger partial charge < -0.3 is 10.1 Å². The van der Waals surface area contributed by atoms with E-state index in [2.05, 4.69) is 23.3 Å². The first-order valence-electron chi connectivity index (χ1n) is 6.22. The van der Waals surface area contributed by atoms with E-state index in [-0.39, 0.29) is 6.10 Å². The third-order valence-corrected chi connectivity index (χ3v) is 3.64. The lowest BCUT2D eigenvalue weighted by molar-refractivity contribution is 0.202. The molecule has 18 heavy (non-hydrogen) atoms. The quantitative estimate of drug-likeness (QED) is 0.857. The van der Waals surface area contributed by atoms with Crippen molar-refractivity contribution < 1.29 is 4.74 Å². The van der Waals surface area contributed by atoms with Crippen LogP contribution in [0, 0.1) is 0 Å². The highest BCUT2D eigenvalue weighted by Crippen LogP contribution is 2.31. The highest BCUT2D eigenvalue weighted by Gasteiger charge is 2.17. The number of hydrogen-bond acceptors (Lipinski definition) is 3. The minimum absolute atomic E-state index is 0.221. The van der Waals surface area contributed by atoms with Crippen LogP contribution in [0.2, 0.25) is 5.02 Å². The van der Waals surface area contributed by atoms with Gasteiger partial charge in [0.1, 0.15) is 11.9 Å². The molecular formula is C14H15ClN2O. The molecule has 0 radical (unpaired) electrons. The summed E-state index contributed by atoms with van der Waals surface area (Å²) in [6.07, 6.45) is 2.95. The van der Waals surface area contributed by atoms with E-state index in [0.29, 0.717) is 0 Å². The molecule has 1 aliphatic rings. The largest absolute Gasteiger partial charge is 0.489 e. The monoisotopic (exact) mass is 262 g/mol. The van der Waals surface area contributed by atoms with E-state index < -0.39 is 0 Å². The Morgan fingerprint density at radius 3 is 3.22 bits per heavy atom. The predicted octanol–water partition coefficient (Wildman–Crippen LogP) is 3.15. The van der Waals surface area contributed by atoms with Crippen molar-refractivity contribution in [1.82, 2.24) is 10.3 Å². The standard InChI is InChI=1S/C14H15ClN2O/c1-2-10-8-16-7-9-5-13-11(6-14(9)18-10)12(15)3-4-17-13/h3-6,10,16H,2,7-8H2,1H3/t10-/m1/s1. The van der Waals surface area contributed by atoms with Crippen molar-refractivity contribution >= 4 is 22.5 Å². The summed E-state index contributed by atoms with van der Waals surface area (Å²) in [5.41, 5.74) is 2.06. The van der Waals surface area contributed by atoms with Gasteiger partial charge in [-0.2, -0.15) is 0 Å². The molecular weight excluding hydrogens is 248 g/mol. The number of benzene rings is 1. The maximum atomic E-state index is 6.20. The van der Waals surface area contributed by atoms with Gasteiger partial charge in [-0.3, -0.25) is 4.98 Å². The maximum absolute atomic E-state index is 6.20. The van der Waals surface area contributed by atoms with Gasteiger partial charge in [-0.1, -0.05) is 18.5 Å². The van der Waals surface area contributed by atoms with Gasteiger partial charge in [-0.25, -0.2) is 0 Å². The molecule has 94 valence electrons. The molecule has 0 saturated heterocycles. The maximum Gasteiger partial charge on any atom is 0.125 e. The zero-order valence-corrected chi connectivity index (χ0v) is 11.0. The fourth-order valence-corrected chi connectivity index (χ4v) is 2.45. The van der Waals surface area contributed by atoms with Crippen molar-refractivity contribution in [2.24, 2.45) is 0 Å². The van der Waals surface area contributed by atoms with Crippen LogP contribution in [0.15, 0.2) is 24.4 Å². The van der Waals surface area contributed by atoms with Crippen molar-refractivity contribution in [1.29, 1.82) is 0 Å². The van der Waals surface area contributed by atoms with Crippen LogP contribution in [0.5, 0.6) is 5.75 Å². The molecule has 4 heteroatoms. The number of halogens is 1. The summed E-state index contributed by atoms with van der Waals surface area (Å²) in [6.45, 7) is 3.82. The lowest BCUT2D eigenvalue weighted by atomic mass is 10.1. The Bertz CT molecular complexity index is 585. The molecule has 0 aliphatic carbocycles. The van der Waals surface area contributed by atoms with Gasteiger partial charge in [0.2, 0.25) is 0 Å². The summed E-state index contributed by atoms with van der Waals surface area (Å²) >= 11 is 6.20. The lowest BCUT2D eigenvalue weighted by Gasteiger charge is -2.15. The minimum atomic E-state index is 0.221. The summed E-state index contributed by atoms with van der Waals surface area (Å²) in [7, 11) is 0. The minimum Gasteiger partial charge on any atom is -0.489 e. The molecule has 3 rings (SSSR count). The van der Waals surface area contributed by atoms with Crippen LogP contribution in [-0.4, -0.2) is 17.6 Å². The number of rotatable bonds is 1. The Balaban J connectivity index is 2.13. The molecule has 3 nitrogen and oxygen atoms in total. The van der Waals surface area contributed by atoms with Gasteiger partial charge in [0.05, 0.1) is 10.5 Å². The first-order valence-corrected chi connectivity index (χ1v) is 6.60. The van der Waals surface area contributed by atoms with E-state index in [1.165, 1.54) is 0 Å². The highest BCUT2D eigenvalue weighted by molar-refractivity contribution is 6.35. The predicted molar refractivity (Wildman–Crippen MR) is 73.2 cm³/mol. The number of ether oxygens (including phenoxy) is 1. The van der Waals surface area contributed by atoms with Crippen LogP contribution in [0.25, 0.3) is 10.9 Å². The Hall–Kier alpha value is -1.32. The second-order valence-corrected chi connectivity index (χ2v) is 4.96. The molecule has 0 spiro atoms. The number of aromatic nitrogens is 1. The zero-order chi connectivity index (χ0) is 12.5. The SMILES string of the molecule is CC[C@@H]1CNCc2cc3nccc(Cl)c3cc2O1. The fraction of sp³-hybridized carbons (Fsp3) is 0.357. The van der Waals surface area contributed by atoms with Gasteiger partial charge in [-0.05, 0) is 24.6 Å². The Labute approximate surface area is 111 Å². The van der Waals surface area contributed by atoms with Crippen LogP contribution < -0.4 is 10.1 Å². The van der Waals surface area contributed by atoms with Crippen LogP contribution >= 0.6 is 11.6 Å². The Kier molecular flexibility index (Phi) is 3.10. The first-order chi connectivity index (χ1) is 8.78. The molecule has 2 heterocycles. The summed E-state index contributed by atoms with van der Waals surface area (Å²) in [6, 6.07) is 5.87. The van der Waals surface area contributed by atoms with E-state index in [1.807, 2.05) is 12.1 Å². The summed E-state index contributed by atoms with van der Waals surface area (Å²) in [5, 5.41) is 5.07. The van der Waals surface area contributed by atoms with Crippen LogP contribution in [-0.2, 0) is 6.54 Å². The van der Waals surface area contributed by atoms with Crippen molar-refractivity contribution in [3.63, 3.8) is 0 Å². The molecule has 2 aromatic rings. The van der Waals surface area contributed by atoms with Crippen LogP contribution in [0.1, 0.15) is 18.9 Å². The second-order valence-electron chi connectivity index (χ2n) is 4.55. The normalized spacial score (nSPS) is 19.1. The van der Waals surface area contributed by atoms with Crippen molar-refractivity contribution in [3.8, 4) is 5.75 Å². The van der Waals surface area contributed by atoms with Crippen molar-refractivity contribution in [2.75, 3.05) is 6.54 Å². The molecule has 0 saturated carbocycles. The fourth-order valence-electron chi connectivity index (χ4n) is 2.25. The van der Waals surface area contributed by atoms with Crippen LogP contribution in [0.3, 0.4) is 0 Å². The van der Waals surface area contributed by atoms with Crippen molar-refractivity contribution in [2.45, 2.75) is 26.0 Å². The third-order valence-electron chi connectivity index (χ3n) is 3.31. The lowest BCUT2D eigenvalue weighted by Crippen LogP contribution is -2.27. The molecule has 0 unspecified atom stereocenters. The summed E-state index contributed by atoms with van der Waals surface area (Å²) < 4.78 is 6.02. The molecule has 1 aromatic carbocycles. The topological polar surface area (TPSA) is 34.2 Å². The second kappa shape index (κ2) is 4.75.